The molecule has 0 aliphatic carbocycles. The van der Waals surface area contributed by atoms with E-state index in [2.05, 4.69) is 72.7 Å². The number of nitrogens with zero attached hydrogens (tertiary/aromatic N) is 2. The fourth-order valence-corrected chi connectivity index (χ4v) is 3.58. The fraction of sp³-hybridized carbons (Fsp3) is 0.455. The summed E-state index contributed by atoms with van der Waals surface area (Å²) < 4.78 is 5.45. The van der Waals surface area contributed by atoms with Gasteiger partial charge in [-0.2, -0.15) is 0 Å². The number of aromatic nitrogens is 2. The summed E-state index contributed by atoms with van der Waals surface area (Å²) in [7, 11) is 0. The first kappa shape index (κ1) is 23.3. The Bertz CT molecular complexity index is 922. The van der Waals surface area contributed by atoms with E-state index in [1.807, 2.05) is 0 Å². The average Bonchev–Trinajstić information content (AvgIpc) is 3.25. The highest BCUT2D eigenvalue weighted by atomic mass is 127. The molecule has 1 aromatic carbocycles. The van der Waals surface area contributed by atoms with Crippen molar-refractivity contribution in [3.05, 3.63) is 52.5 Å². The van der Waals surface area contributed by atoms with Gasteiger partial charge in [0.25, 0.3) is 0 Å². The van der Waals surface area contributed by atoms with Gasteiger partial charge in [0.1, 0.15) is 5.76 Å². The number of rotatable bonds is 8. The zero-order valence-corrected chi connectivity index (χ0v) is 20.1. The molecule has 0 radical (unpaired) electrons. The number of halogens is 1. The number of guanidine groups is 1. The van der Waals surface area contributed by atoms with Gasteiger partial charge in [-0.1, -0.05) is 37.2 Å². The first-order chi connectivity index (χ1) is 13.7. The van der Waals surface area contributed by atoms with Gasteiger partial charge in [-0.25, -0.2) is 4.99 Å². The van der Waals surface area contributed by atoms with Crippen molar-refractivity contribution in [3.8, 4) is 0 Å². The van der Waals surface area contributed by atoms with Crippen molar-refractivity contribution in [3.63, 3.8) is 0 Å². The maximum atomic E-state index is 5.45. The molecule has 0 aliphatic heterocycles. The molecule has 7 heteroatoms. The molecule has 0 bridgehead atoms. The van der Waals surface area contributed by atoms with Crippen molar-refractivity contribution in [2.24, 2.45) is 4.99 Å². The van der Waals surface area contributed by atoms with E-state index in [1.165, 1.54) is 22.2 Å². The van der Waals surface area contributed by atoms with E-state index in [0.717, 1.165) is 55.3 Å². The van der Waals surface area contributed by atoms with Crippen LogP contribution in [0.5, 0.6) is 0 Å². The number of H-pyrrole nitrogens is 1. The largest absolute Gasteiger partial charge is 0.361 e. The van der Waals surface area contributed by atoms with Crippen LogP contribution in [0.4, 0.5) is 0 Å². The normalized spacial score (nSPS) is 11.5. The van der Waals surface area contributed by atoms with Crippen LogP contribution in [-0.2, 0) is 25.8 Å². The molecule has 3 N–H and O–H groups in total. The SMILES string of the molecule is CCNC(=NCc1c(CC)noc1CC)NCCc1c(C)[nH]c2ccccc12.I. The molecule has 0 unspecified atom stereocenters. The Kier molecular flexibility index (Phi) is 9.00. The Morgan fingerprint density at radius 1 is 1.10 bits per heavy atom. The van der Waals surface area contributed by atoms with Crippen LogP contribution < -0.4 is 10.6 Å². The number of aryl methyl sites for hydroxylation is 3. The molecular weight excluding hydrogens is 477 g/mol. The molecule has 2 heterocycles. The zero-order chi connectivity index (χ0) is 19.9. The van der Waals surface area contributed by atoms with Crippen LogP contribution in [0.2, 0.25) is 0 Å². The van der Waals surface area contributed by atoms with Gasteiger partial charge in [-0.15, -0.1) is 24.0 Å². The molecular formula is C22H32IN5O. The minimum atomic E-state index is 0. The summed E-state index contributed by atoms with van der Waals surface area (Å²) in [4.78, 5) is 8.23. The highest BCUT2D eigenvalue weighted by Crippen LogP contribution is 2.22. The van der Waals surface area contributed by atoms with Crippen LogP contribution in [-0.4, -0.2) is 29.2 Å². The quantitative estimate of drug-likeness (QED) is 0.237. The number of aromatic amines is 1. The standard InChI is InChI=1S/C22H31N5O.HI/c1-5-19-18(21(6-2)28-27-19)14-25-22(23-7-3)24-13-12-16-15(4)26-20-11-9-8-10-17(16)20;/h8-11,26H,5-7,12-14H2,1-4H3,(H2,23,24,25);1H. The maximum absolute atomic E-state index is 5.45. The van der Waals surface area contributed by atoms with Crippen molar-refractivity contribution < 1.29 is 4.52 Å². The summed E-state index contributed by atoms with van der Waals surface area (Å²) in [5.74, 6) is 1.76. The van der Waals surface area contributed by atoms with Crippen molar-refractivity contribution >= 4 is 40.8 Å². The second-order valence-electron chi connectivity index (χ2n) is 6.88. The molecule has 0 saturated heterocycles. The minimum absolute atomic E-state index is 0. The molecule has 6 nitrogen and oxygen atoms in total. The maximum Gasteiger partial charge on any atom is 0.191 e. The third-order valence-electron chi connectivity index (χ3n) is 5.04. The molecule has 0 atom stereocenters. The van der Waals surface area contributed by atoms with Crippen LogP contribution in [0.25, 0.3) is 10.9 Å². The monoisotopic (exact) mass is 509 g/mol. The van der Waals surface area contributed by atoms with Crippen LogP contribution in [0.1, 0.15) is 49.0 Å². The number of para-hydroxylation sites is 1. The van der Waals surface area contributed by atoms with E-state index >= 15 is 0 Å². The number of benzene rings is 1. The summed E-state index contributed by atoms with van der Waals surface area (Å²) in [6, 6.07) is 8.46. The van der Waals surface area contributed by atoms with E-state index in [4.69, 9.17) is 9.52 Å². The molecule has 2 aromatic heterocycles. The molecule has 158 valence electrons. The molecule has 0 saturated carbocycles. The minimum Gasteiger partial charge on any atom is -0.361 e. The molecule has 0 aliphatic rings. The summed E-state index contributed by atoms with van der Waals surface area (Å²) in [6.07, 6.45) is 2.63. The number of hydrogen-bond donors (Lipinski definition) is 3. The van der Waals surface area contributed by atoms with E-state index < -0.39 is 0 Å². The van der Waals surface area contributed by atoms with Gasteiger partial charge < -0.3 is 20.1 Å². The van der Waals surface area contributed by atoms with E-state index in [9.17, 15) is 0 Å². The number of hydrogen-bond acceptors (Lipinski definition) is 3. The van der Waals surface area contributed by atoms with Gasteiger partial charge in [0.2, 0.25) is 0 Å². The number of nitrogens with one attached hydrogen (secondary N) is 3. The van der Waals surface area contributed by atoms with Crippen LogP contribution in [0, 0.1) is 6.92 Å². The second kappa shape index (κ2) is 11.2. The lowest BCUT2D eigenvalue weighted by Gasteiger charge is -2.11. The van der Waals surface area contributed by atoms with Gasteiger partial charge in [0.05, 0.1) is 12.2 Å². The smallest absolute Gasteiger partial charge is 0.191 e. The van der Waals surface area contributed by atoms with Crippen molar-refractivity contribution in [2.75, 3.05) is 13.1 Å². The highest BCUT2D eigenvalue weighted by Gasteiger charge is 2.13. The lowest BCUT2D eigenvalue weighted by molar-refractivity contribution is 0.380. The lowest BCUT2D eigenvalue weighted by atomic mass is 10.1. The summed E-state index contributed by atoms with van der Waals surface area (Å²) in [5.41, 5.74) is 5.91. The Morgan fingerprint density at radius 3 is 2.62 bits per heavy atom. The summed E-state index contributed by atoms with van der Waals surface area (Å²) in [6.45, 7) is 10.6. The Balaban J connectivity index is 0.00000300. The molecule has 3 aromatic rings. The average molecular weight is 509 g/mol. The predicted octanol–water partition coefficient (Wildman–Crippen LogP) is 4.50. The van der Waals surface area contributed by atoms with Gasteiger partial charge in [0, 0.05) is 41.7 Å². The first-order valence-electron chi connectivity index (χ1n) is 10.2. The zero-order valence-electron chi connectivity index (χ0n) is 17.8. The van der Waals surface area contributed by atoms with Gasteiger partial charge >= 0.3 is 0 Å². The van der Waals surface area contributed by atoms with Gasteiger partial charge in [-0.3, -0.25) is 0 Å². The third kappa shape index (κ3) is 5.52. The molecule has 29 heavy (non-hydrogen) atoms. The lowest BCUT2D eigenvalue weighted by Crippen LogP contribution is -2.38. The van der Waals surface area contributed by atoms with Gasteiger partial charge in [0.15, 0.2) is 5.96 Å². The van der Waals surface area contributed by atoms with Gasteiger partial charge in [-0.05, 0) is 38.3 Å². The van der Waals surface area contributed by atoms with Crippen molar-refractivity contribution in [1.82, 2.24) is 20.8 Å². The Morgan fingerprint density at radius 2 is 1.90 bits per heavy atom. The summed E-state index contributed by atoms with van der Waals surface area (Å²) in [5, 5.41) is 12.3. The second-order valence-corrected chi connectivity index (χ2v) is 6.88. The topological polar surface area (TPSA) is 78.2 Å². The predicted molar refractivity (Wildman–Crippen MR) is 130 cm³/mol. The fourth-order valence-electron chi connectivity index (χ4n) is 3.58. The highest BCUT2D eigenvalue weighted by molar-refractivity contribution is 14.0. The third-order valence-corrected chi connectivity index (χ3v) is 5.04. The molecule has 0 spiro atoms. The Hall–Kier alpha value is -2.03. The van der Waals surface area contributed by atoms with Crippen LogP contribution in [0.3, 0.4) is 0 Å². The van der Waals surface area contributed by atoms with Crippen LogP contribution in [0.15, 0.2) is 33.8 Å². The number of aliphatic imine (C=N–C) groups is 1. The van der Waals surface area contributed by atoms with Crippen molar-refractivity contribution in [1.29, 1.82) is 0 Å². The summed E-state index contributed by atoms with van der Waals surface area (Å²) >= 11 is 0. The van der Waals surface area contributed by atoms with E-state index in [-0.39, 0.29) is 24.0 Å². The van der Waals surface area contributed by atoms with E-state index in [1.54, 1.807) is 0 Å². The Labute approximate surface area is 189 Å². The molecule has 0 amide bonds. The number of fused-ring (bicyclic) bond motifs is 1. The van der Waals surface area contributed by atoms with E-state index in [0.29, 0.717) is 6.54 Å². The molecule has 3 rings (SSSR count). The first-order valence-corrected chi connectivity index (χ1v) is 10.2. The molecule has 0 fully saturated rings. The van der Waals surface area contributed by atoms with Crippen LogP contribution >= 0.6 is 24.0 Å². The van der Waals surface area contributed by atoms with Crippen molar-refractivity contribution in [2.45, 2.75) is 53.5 Å².